The summed E-state index contributed by atoms with van der Waals surface area (Å²) in [6.07, 6.45) is 0. The molecule has 0 saturated carbocycles. The number of hydrogen-bond acceptors (Lipinski definition) is 5. The largest absolute Gasteiger partial charge is 0.491 e. The van der Waals surface area contributed by atoms with Crippen LogP contribution in [0.15, 0.2) is 48.5 Å². The lowest BCUT2D eigenvalue weighted by Crippen LogP contribution is -2.12. The number of hydrogen-bond donors (Lipinski definition) is 0. The molecule has 0 radical (unpaired) electrons. The fourth-order valence-corrected chi connectivity index (χ4v) is 1.85. The Kier molecular flexibility index (Phi) is 6.46. The zero-order valence-electron chi connectivity index (χ0n) is 12.6. The Morgan fingerprint density at radius 3 is 1.61 bits per heavy atom. The van der Waals surface area contributed by atoms with Gasteiger partial charge in [-0.3, -0.25) is 0 Å². The van der Waals surface area contributed by atoms with Crippen molar-refractivity contribution in [2.45, 2.75) is 0 Å². The van der Waals surface area contributed by atoms with Crippen molar-refractivity contribution in [2.24, 2.45) is 0 Å². The summed E-state index contributed by atoms with van der Waals surface area (Å²) in [5.41, 5.74) is 1.13. The van der Waals surface area contributed by atoms with E-state index in [9.17, 15) is 0 Å². The summed E-state index contributed by atoms with van der Waals surface area (Å²) in [5.74, 6) is 1.30. The van der Waals surface area contributed by atoms with Gasteiger partial charge in [0.1, 0.15) is 24.7 Å². The topological polar surface area (TPSA) is 75.3 Å². The maximum absolute atomic E-state index is 8.80. The molecule has 0 N–H and O–H groups in total. The van der Waals surface area contributed by atoms with Crippen molar-refractivity contribution in [1.29, 1.82) is 10.5 Å². The third-order valence-electron chi connectivity index (χ3n) is 2.92. The predicted octanol–water partition coefficient (Wildman–Crippen LogP) is 2.90. The SMILES string of the molecule is N#Cc1cccc(OCCOCCOc2cccc(C#N)c2)c1. The Labute approximate surface area is 135 Å². The average Bonchev–Trinajstić information content (AvgIpc) is 2.61. The number of nitrogens with zero attached hydrogens (tertiary/aromatic N) is 2. The minimum absolute atomic E-state index is 0.402. The molecule has 0 amide bonds. The Morgan fingerprint density at radius 1 is 0.696 bits per heavy atom. The summed E-state index contributed by atoms with van der Waals surface area (Å²) < 4.78 is 16.4. The first-order valence-electron chi connectivity index (χ1n) is 7.15. The molecule has 0 aliphatic carbocycles. The maximum atomic E-state index is 8.80. The summed E-state index contributed by atoms with van der Waals surface area (Å²) in [6, 6.07) is 18.1. The summed E-state index contributed by atoms with van der Waals surface area (Å²) >= 11 is 0. The predicted molar refractivity (Wildman–Crippen MR) is 84.1 cm³/mol. The third-order valence-corrected chi connectivity index (χ3v) is 2.92. The first kappa shape index (κ1) is 16.4. The van der Waals surface area contributed by atoms with E-state index in [0.29, 0.717) is 49.1 Å². The Bertz CT molecular complexity index is 655. The van der Waals surface area contributed by atoms with Crippen LogP contribution in [0.3, 0.4) is 0 Å². The van der Waals surface area contributed by atoms with E-state index >= 15 is 0 Å². The molecule has 0 aliphatic rings. The monoisotopic (exact) mass is 308 g/mol. The zero-order valence-corrected chi connectivity index (χ0v) is 12.6. The van der Waals surface area contributed by atoms with Crippen LogP contribution >= 0.6 is 0 Å². The second kappa shape index (κ2) is 9.09. The van der Waals surface area contributed by atoms with E-state index in [2.05, 4.69) is 12.1 Å². The molecule has 23 heavy (non-hydrogen) atoms. The minimum Gasteiger partial charge on any atom is -0.491 e. The molecule has 0 saturated heterocycles. The van der Waals surface area contributed by atoms with Crippen molar-refractivity contribution in [3.8, 4) is 23.6 Å². The highest BCUT2D eigenvalue weighted by Crippen LogP contribution is 2.13. The standard InChI is InChI=1S/C18H16N2O3/c19-13-15-3-1-5-17(11-15)22-9-7-21-8-10-23-18-6-2-4-16(12-18)14-20/h1-6,11-12H,7-10H2. The molecule has 2 aromatic rings. The molecule has 0 spiro atoms. The number of ether oxygens (including phenoxy) is 3. The number of benzene rings is 2. The maximum Gasteiger partial charge on any atom is 0.120 e. The molecular weight excluding hydrogens is 292 g/mol. The second-order valence-corrected chi connectivity index (χ2v) is 4.59. The van der Waals surface area contributed by atoms with E-state index < -0.39 is 0 Å². The molecule has 2 aromatic carbocycles. The van der Waals surface area contributed by atoms with Crippen molar-refractivity contribution in [3.63, 3.8) is 0 Å². The summed E-state index contributed by atoms with van der Waals surface area (Å²) in [7, 11) is 0. The molecule has 0 heterocycles. The van der Waals surface area contributed by atoms with Crippen LogP contribution in [-0.2, 0) is 4.74 Å². The second-order valence-electron chi connectivity index (χ2n) is 4.59. The van der Waals surface area contributed by atoms with Crippen molar-refractivity contribution in [3.05, 3.63) is 59.7 Å². The van der Waals surface area contributed by atoms with Crippen LogP contribution in [0.25, 0.3) is 0 Å². The van der Waals surface area contributed by atoms with Gasteiger partial charge >= 0.3 is 0 Å². The highest BCUT2D eigenvalue weighted by Gasteiger charge is 1.98. The van der Waals surface area contributed by atoms with E-state index in [1.54, 1.807) is 48.5 Å². The highest BCUT2D eigenvalue weighted by molar-refractivity contribution is 5.36. The van der Waals surface area contributed by atoms with Crippen molar-refractivity contribution >= 4 is 0 Å². The minimum atomic E-state index is 0.402. The van der Waals surface area contributed by atoms with E-state index in [0.717, 1.165) is 0 Å². The summed E-state index contributed by atoms with van der Waals surface area (Å²) in [4.78, 5) is 0. The van der Waals surface area contributed by atoms with E-state index in [1.807, 2.05) is 0 Å². The average molecular weight is 308 g/mol. The quantitative estimate of drug-likeness (QED) is 0.701. The Balaban J connectivity index is 1.59. The Morgan fingerprint density at radius 2 is 1.17 bits per heavy atom. The van der Waals surface area contributed by atoms with Gasteiger partial charge in [0.15, 0.2) is 0 Å². The van der Waals surface area contributed by atoms with E-state index in [4.69, 9.17) is 24.7 Å². The molecule has 0 fully saturated rings. The molecule has 0 unspecified atom stereocenters. The summed E-state index contributed by atoms with van der Waals surface area (Å²) in [5, 5.41) is 17.6. The van der Waals surface area contributed by atoms with Gasteiger partial charge in [-0.1, -0.05) is 12.1 Å². The number of nitriles is 2. The van der Waals surface area contributed by atoms with Gasteiger partial charge in [-0.25, -0.2) is 0 Å². The van der Waals surface area contributed by atoms with Crippen molar-refractivity contribution in [2.75, 3.05) is 26.4 Å². The van der Waals surface area contributed by atoms with Crippen molar-refractivity contribution in [1.82, 2.24) is 0 Å². The van der Waals surface area contributed by atoms with Crippen LogP contribution in [0.2, 0.25) is 0 Å². The van der Waals surface area contributed by atoms with Crippen molar-refractivity contribution < 1.29 is 14.2 Å². The molecule has 5 nitrogen and oxygen atoms in total. The normalized spacial score (nSPS) is 9.65. The van der Waals surface area contributed by atoms with E-state index in [1.165, 1.54) is 0 Å². The fraction of sp³-hybridized carbons (Fsp3) is 0.222. The van der Waals surface area contributed by atoms with Crippen LogP contribution in [-0.4, -0.2) is 26.4 Å². The van der Waals surface area contributed by atoms with E-state index in [-0.39, 0.29) is 0 Å². The van der Waals surface area contributed by atoms with Gasteiger partial charge in [-0.05, 0) is 36.4 Å². The lowest BCUT2D eigenvalue weighted by Gasteiger charge is -2.08. The zero-order chi connectivity index (χ0) is 16.3. The van der Waals surface area contributed by atoms with Crippen LogP contribution in [0.1, 0.15) is 11.1 Å². The van der Waals surface area contributed by atoms with Crippen LogP contribution < -0.4 is 9.47 Å². The van der Waals surface area contributed by atoms with Crippen LogP contribution in [0, 0.1) is 22.7 Å². The molecule has 5 heteroatoms. The first-order valence-corrected chi connectivity index (χ1v) is 7.15. The van der Waals surface area contributed by atoms with Gasteiger partial charge in [0.05, 0.1) is 36.5 Å². The molecule has 116 valence electrons. The fourth-order valence-electron chi connectivity index (χ4n) is 1.85. The van der Waals surface area contributed by atoms with Crippen LogP contribution in [0.4, 0.5) is 0 Å². The summed E-state index contributed by atoms with van der Waals surface area (Å²) in [6.45, 7) is 1.66. The third kappa shape index (κ3) is 5.70. The molecule has 0 bridgehead atoms. The molecular formula is C18H16N2O3. The number of rotatable bonds is 8. The highest BCUT2D eigenvalue weighted by atomic mass is 16.5. The lowest BCUT2D eigenvalue weighted by molar-refractivity contribution is 0.0764. The van der Waals surface area contributed by atoms with Gasteiger partial charge in [0.25, 0.3) is 0 Å². The first-order chi connectivity index (χ1) is 11.3. The van der Waals surface area contributed by atoms with Crippen LogP contribution in [0.5, 0.6) is 11.5 Å². The molecule has 0 atom stereocenters. The lowest BCUT2D eigenvalue weighted by atomic mass is 10.2. The molecule has 0 aliphatic heterocycles. The van der Waals surface area contributed by atoms with Gasteiger partial charge in [0.2, 0.25) is 0 Å². The smallest absolute Gasteiger partial charge is 0.120 e. The molecule has 0 aromatic heterocycles. The Hall–Kier alpha value is -3.02. The van der Waals surface area contributed by atoms with Gasteiger partial charge < -0.3 is 14.2 Å². The van der Waals surface area contributed by atoms with Gasteiger partial charge in [0, 0.05) is 0 Å². The van der Waals surface area contributed by atoms with Gasteiger partial charge in [-0.15, -0.1) is 0 Å². The molecule has 2 rings (SSSR count). The van der Waals surface area contributed by atoms with Gasteiger partial charge in [-0.2, -0.15) is 10.5 Å².